The molecule has 0 spiro atoms. The molecule has 1 fully saturated rings. The summed E-state index contributed by atoms with van der Waals surface area (Å²) in [7, 11) is 0. The molecule has 112 valence electrons. The molecular weight excluding hydrogens is 268 g/mol. The van der Waals surface area contributed by atoms with Crippen molar-refractivity contribution < 1.29 is 0 Å². The summed E-state index contributed by atoms with van der Waals surface area (Å²) >= 11 is 6.20. The molecule has 0 bridgehead atoms. The Morgan fingerprint density at radius 1 is 1.35 bits per heavy atom. The van der Waals surface area contributed by atoms with E-state index in [9.17, 15) is 0 Å². The summed E-state index contributed by atoms with van der Waals surface area (Å²) in [5, 5.41) is 0.786. The number of likely N-dealkylation sites (tertiary alicyclic amines) is 1. The van der Waals surface area contributed by atoms with Crippen molar-refractivity contribution in [2.24, 2.45) is 17.1 Å². The van der Waals surface area contributed by atoms with Crippen LogP contribution in [0.4, 0.5) is 0 Å². The highest BCUT2D eigenvalue weighted by Crippen LogP contribution is 2.34. The van der Waals surface area contributed by atoms with Gasteiger partial charge in [-0.1, -0.05) is 50.6 Å². The summed E-state index contributed by atoms with van der Waals surface area (Å²) in [5.41, 5.74) is 7.77. The van der Waals surface area contributed by atoms with Crippen molar-refractivity contribution in [1.29, 1.82) is 0 Å². The minimum absolute atomic E-state index is 0.0392. The fourth-order valence-corrected chi connectivity index (χ4v) is 3.27. The van der Waals surface area contributed by atoms with Crippen molar-refractivity contribution in [3.8, 4) is 0 Å². The van der Waals surface area contributed by atoms with E-state index in [2.05, 4.69) is 25.7 Å². The number of hydrogen-bond acceptors (Lipinski definition) is 2. The van der Waals surface area contributed by atoms with Gasteiger partial charge >= 0.3 is 0 Å². The van der Waals surface area contributed by atoms with Gasteiger partial charge < -0.3 is 10.6 Å². The van der Waals surface area contributed by atoms with Crippen LogP contribution in [0.2, 0.25) is 5.02 Å². The van der Waals surface area contributed by atoms with Crippen LogP contribution < -0.4 is 5.73 Å². The molecule has 0 aliphatic carbocycles. The molecule has 1 aliphatic rings. The second kappa shape index (κ2) is 6.46. The largest absolute Gasteiger partial charge is 0.324 e. The molecule has 1 aromatic carbocycles. The molecule has 20 heavy (non-hydrogen) atoms. The van der Waals surface area contributed by atoms with E-state index in [1.807, 2.05) is 24.3 Å². The lowest BCUT2D eigenvalue weighted by atomic mass is 9.80. The average Bonchev–Trinajstić information content (AvgIpc) is 2.85. The van der Waals surface area contributed by atoms with Crippen LogP contribution in [0.1, 0.15) is 45.2 Å². The van der Waals surface area contributed by atoms with Crippen LogP contribution in [0, 0.1) is 11.3 Å². The van der Waals surface area contributed by atoms with Gasteiger partial charge in [0.25, 0.3) is 0 Å². The summed E-state index contributed by atoms with van der Waals surface area (Å²) < 4.78 is 0. The Bertz CT molecular complexity index is 439. The van der Waals surface area contributed by atoms with E-state index in [1.54, 1.807) is 0 Å². The normalized spacial score (nSPS) is 22.1. The highest BCUT2D eigenvalue weighted by Gasteiger charge is 2.31. The van der Waals surface area contributed by atoms with E-state index < -0.39 is 0 Å². The van der Waals surface area contributed by atoms with Gasteiger partial charge in [-0.25, -0.2) is 0 Å². The van der Waals surface area contributed by atoms with Gasteiger partial charge in [-0.15, -0.1) is 0 Å². The average molecular weight is 295 g/mol. The number of rotatable bonds is 4. The third-order valence-corrected chi connectivity index (χ3v) is 4.90. The van der Waals surface area contributed by atoms with Crippen LogP contribution in [0.3, 0.4) is 0 Å². The zero-order valence-electron chi connectivity index (χ0n) is 12.9. The number of halogens is 1. The van der Waals surface area contributed by atoms with Crippen molar-refractivity contribution in [2.45, 2.75) is 39.7 Å². The molecule has 0 radical (unpaired) electrons. The standard InChI is InChI=1S/C17H27ClN2/c1-17(2,3)13-8-10-20(12-13)11-9-16(19)14-6-4-5-7-15(14)18/h4-7,13,16H,8-12,19H2,1-3H3. The molecule has 3 heteroatoms. The fraction of sp³-hybridized carbons (Fsp3) is 0.647. The number of nitrogens with two attached hydrogens (primary N) is 1. The second-order valence-corrected chi connectivity index (χ2v) is 7.48. The van der Waals surface area contributed by atoms with Gasteiger partial charge in [0.05, 0.1) is 0 Å². The van der Waals surface area contributed by atoms with E-state index in [0.29, 0.717) is 5.41 Å². The zero-order chi connectivity index (χ0) is 14.8. The monoisotopic (exact) mass is 294 g/mol. The lowest BCUT2D eigenvalue weighted by Gasteiger charge is -2.27. The maximum absolute atomic E-state index is 6.28. The molecule has 2 atom stereocenters. The Balaban J connectivity index is 1.83. The van der Waals surface area contributed by atoms with Gasteiger partial charge in [-0.3, -0.25) is 0 Å². The van der Waals surface area contributed by atoms with Crippen molar-refractivity contribution in [3.05, 3.63) is 34.9 Å². The molecule has 1 saturated heterocycles. The Morgan fingerprint density at radius 3 is 2.65 bits per heavy atom. The van der Waals surface area contributed by atoms with Gasteiger partial charge in [0.2, 0.25) is 0 Å². The van der Waals surface area contributed by atoms with Crippen molar-refractivity contribution in [2.75, 3.05) is 19.6 Å². The molecule has 2 nitrogen and oxygen atoms in total. The molecule has 2 N–H and O–H groups in total. The molecule has 1 aromatic rings. The number of benzene rings is 1. The van der Waals surface area contributed by atoms with E-state index in [4.69, 9.17) is 17.3 Å². The van der Waals surface area contributed by atoms with Crippen LogP contribution in [-0.4, -0.2) is 24.5 Å². The Kier molecular flexibility index (Phi) is 5.11. The van der Waals surface area contributed by atoms with E-state index in [-0.39, 0.29) is 6.04 Å². The maximum Gasteiger partial charge on any atom is 0.0453 e. The first-order chi connectivity index (χ1) is 9.38. The lowest BCUT2D eigenvalue weighted by molar-refractivity contribution is 0.226. The van der Waals surface area contributed by atoms with Crippen LogP contribution in [-0.2, 0) is 0 Å². The predicted molar refractivity (Wildman–Crippen MR) is 87.0 cm³/mol. The van der Waals surface area contributed by atoms with Crippen LogP contribution in [0.25, 0.3) is 0 Å². The molecule has 1 heterocycles. The molecule has 2 unspecified atom stereocenters. The van der Waals surface area contributed by atoms with Gasteiger partial charge in [-0.2, -0.15) is 0 Å². The highest BCUT2D eigenvalue weighted by molar-refractivity contribution is 6.31. The van der Waals surface area contributed by atoms with E-state index in [1.165, 1.54) is 19.5 Å². The highest BCUT2D eigenvalue weighted by atomic mass is 35.5. The second-order valence-electron chi connectivity index (χ2n) is 7.07. The van der Waals surface area contributed by atoms with Gasteiger partial charge in [0.1, 0.15) is 0 Å². The molecule has 0 amide bonds. The van der Waals surface area contributed by atoms with Crippen LogP contribution in [0.5, 0.6) is 0 Å². The smallest absolute Gasteiger partial charge is 0.0453 e. The van der Waals surface area contributed by atoms with Crippen LogP contribution >= 0.6 is 11.6 Å². The molecule has 1 aliphatic heterocycles. The quantitative estimate of drug-likeness (QED) is 0.906. The predicted octanol–water partition coefficient (Wildman–Crippen LogP) is 4.10. The van der Waals surface area contributed by atoms with Crippen molar-refractivity contribution >= 4 is 11.6 Å². The maximum atomic E-state index is 6.28. The third kappa shape index (κ3) is 3.97. The zero-order valence-corrected chi connectivity index (χ0v) is 13.7. The number of hydrogen-bond donors (Lipinski definition) is 1. The fourth-order valence-electron chi connectivity index (χ4n) is 3.00. The lowest BCUT2D eigenvalue weighted by Crippen LogP contribution is -2.28. The first-order valence-corrected chi connectivity index (χ1v) is 7.98. The molecule has 0 aromatic heterocycles. The third-order valence-electron chi connectivity index (χ3n) is 4.56. The van der Waals surface area contributed by atoms with Crippen LogP contribution in [0.15, 0.2) is 24.3 Å². The van der Waals surface area contributed by atoms with Gasteiger partial charge in [0, 0.05) is 17.6 Å². The van der Waals surface area contributed by atoms with E-state index in [0.717, 1.165) is 29.5 Å². The summed E-state index contributed by atoms with van der Waals surface area (Å²) in [4.78, 5) is 2.55. The Morgan fingerprint density at radius 2 is 2.05 bits per heavy atom. The van der Waals surface area contributed by atoms with Gasteiger partial charge in [-0.05, 0) is 48.9 Å². The Labute approximate surface area is 128 Å². The minimum atomic E-state index is 0.0392. The molecular formula is C17H27ClN2. The van der Waals surface area contributed by atoms with E-state index >= 15 is 0 Å². The summed E-state index contributed by atoms with van der Waals surface area (Å²) in [5.74, 6) is 0.805. The minimum Gasteiger partial charge on any atom is -0.324 e. The first-order valence-electron chi connectivity index (χ1n) is 7.60. The van der Waals surface area contributed by atoms with Crippen molar-refractivity contribution in [3.63, 3.8) is 0 Å². The Hall–Kier alpha value is -0.570. The summed E-state index contributed by atoms with van der Waals surface area (Å²) in [6.07, 6.45) is 2.28. The molecule has 2 rings (SSSR count). The number of nitrogens with zero attached hydrogens (tertiary/aromatic N) is 1. The topological polar surface area (TPSA) is 29.3 Å². The summed E-state index contributed by atoms with van der Waals surface area (Å²) in [6, 6.07) is 7.95. The molecule has 0 saturated carbocycles. The van der Waals surface area contributed by atoms with Crippen molar-refractivity contribution in [1.82, 2.24) is 4.90 Å². The summed E-state index contributed by atoms with van der Waals surface area (Å²) in [6.45, 7) is 10.5. The first kappa shape index (κ1) is 15.8. The SMILES string of the molecule is CC(C)(C)C1CCN(CCC(N)c2ccccc2Cl)C1. The van der Waals surface area contributed by atoms with Gasteiger partial charge in [0.15, 0.2) is 0 Å².